The van der Waals surface area contributed by atoms with Gasteiger partial charge in [-0.1, -0.05) is 24.3 Å². The molecule has 1 unspecified atom stereocenters. The third-order valence-electron chi connectivity index (χ3n) is 5.58. The number of carbonyl (C=O) groups is 1. The fourth-order valence-electron chi connectivity index (χ4n) is 4.25. The number of amides is 1. The smallest absolute Gasteiger partial charge is 0.226 e. The molecular weight excluding hydrogens is 274 g/mol. The summed E-state index contributed by atoms with van der Waals surface area (Å²) >= 11 is 0. The summed E-state index contributed by atoms with van der Waals surface area (Å²) in [6, 6.07) is 9.20. The largest absolute Gasteiger partial charge is 0.340 e. The first-order chi connectivity index (χ1) is 10.8. The predicted octanol–water partition coefficient (Wildman–Crippen LogP) is 0.908. The average Bonchev–Trinajstić information content (AvgIpc) is 3.23. The molecular formula is C18H25N3O. The number of nitrogens with one attached hydrogen (secondary N) is 1. The topological polar surface area (TPSA) is 35.6 Å². The highest BCUT2D eigenvalue weighted by molar-refractivity contribution is 5.80. The quantitative estimate of drug-likeness (QED) is 0.882. The van der Waals surface area contributed by atoms with E-state index in [0.717, 1.165) is 52.1 Å². The highest BCUT2D eigenvalue weighted by atomic mass is 16.2. The van der Waals surface area contributed by atoms with E-state index in [2.05, 4.69) is 39.4 Å². The summed E-state index contributed by atoms with van der Waals surface area (Å²) in [4.78, 5) is 17.5. The van der Waals surface area contributed by atoms with E-state index in [1.54, 1.807) is 0 Å². The van der Waals surface area contributed by atoms with Gasteiger partial charge in [0.05, 0.1) is 0 Å². The molecule has 0 aromatic heterocycles. The van der Waals surface area contributed by atoms with Crippen molar-refractivity contribution in [3.05, 3.63) is 35.4 Å². The molecule has 2 aliphatic heterocycles. The molecule has 0 bridgehead atoms. The van der Waals surface area contributed by atoms with Crippen molar-refractivity contribution in [1.82, 2.24) is 15.1 Å². The zero-order chi connectivity index (χ0) is 14.9. The third-order valence-corrected chi connectivity index (χ3v) is 5.58. The van der Waals surface area contributed by atoms with Crippen LogP contribution >= 0.6 is 0 Å². The molecule has 1 aliphatic carbocycles. The van der Waals surface area contributed by atoms with Gasteiger partial charge in [-0.3, -0.25) is 9.69 Å². The van der Waals surface area contributed by atoms with Crippen LogP contribution in [0.4, 0.5) is 0 Å². The van der Waals surface area contributed by atoms with Gasteiger partial charge in [-0.05, 0) is 36.9 Å². The molecule has 2 heterocycles. The summed E-state index contributed by atoms with van der Waals surface area (Å²) < 4.78 is 0. The zero-order valence-corrected chi connectivity index (χ0v) is 13.1. The van der Waals surface area contributed by atoms with Gasteiger partial charge in [-0.2, -0.15) is 0 Å². The molecule has 0 spiro atoms. The molecule has 4 heteroatoms. The molecule has 4 rings (SSSR count). The highest BCUT2D eigenvalue weighted by Crippen LogP contribution is 2.28. The maximum atomic E-state index is 12.8. The van der Waals surface area contributed by atoms with Gasteiger partial charge >= 0.3 is 0 Å². The van der Waals surface area contributed by atoms with Crippen LogP contribution in [0.3, 0.4) is 0 Å². The normalized spacial score (nSPS) is 26.4. The lowest BCUT2D eigenvalue weighted by atomic mass is 10.0. The SMILES string of the molecule is O=C(C1Cc2ccccc2C1)N1CCN(C2CCNC2)CC1. The van der Waals surface area contributed by atoms with Crippen LogP contribution in [0.25, 0.3) is 0 Å². The number of fused-ring (bicyclic) bond motifs is 1. The lowest BCUT2D eigenvalue weighted by molar-refractivity contribution is -0.137. The Morgan fingerprint density at radius 2 is 1.73 bits per heavy atom. The molecule has 2 saturated heterocycles. The predicted molar refractivity (Wildman–Crippen MR) is 86.8 cm³/mol. The molecule has 2 fully saturated rings. The van der Waals surface area contributed by atoms with E-state index in [1.165, 1.54) is 17.5 Å². The Morgan fingerprint density at radius 3 is 2.32 bits per heavy atom. The molecule has 0 saturated carbocycles. The van der Waals surface area contributed by atoms with E-state index >= 15 is 0 Å². The van der Waals surface area contributed by atoms with Crippen molar-refractivity contribution >= 4 is 5.91 Å². The number of carbonyl (C=O) groups excluding carboxylic acids is 1. The van der Waals surface area contributed by atoms with Gasteiger partial charge in [0.15, 0.2) is 0 Å². The molecule has 1 amide bonds. The van der Waals surface area contributed by atoms with Crippen molar-refractivity contribution in [3.8, 4) is 0 Å². The summed E-state index contributed by atoms with van der Waals surface area (Å²) in [7, 11) is 0. The van der Waals surface area contributed by atoms with Gasteiger partial charge < -0.3 is 10.2 Å². The molecule has 1 atom stereocenters. The van der Waals surface area contributed by atoms with E-state index < -0.39 is 0 Å². The number of rotatable bonds is 2. The van der Waals surface area contributed by atoms with Crippen LogP contribution in [-0.4, -0.2) is 61.0 Å². The Kier molecular flexibility index (Phi) is 3.89. The molecule has 3 aliphatic rings. The second-order valence-corrected chi connectivity index (χ2v) is 6.88. The van der Waals surface area contributed by atoms with Crippen molar-refractivity contribution < 1.29 is 4.79 Å². The summed E-state index contributed by atoms with van der Waals surface area (Å²) in [5.41, 5.74) is 2.74. The second kappa shape index (κ2) is 6.01. The Bertz CT molecular complexity index is 520. The van der Waals surface area contributed by atoms with Crippen molar-refractivity contribution in [2.24, 2.45) is 5.92 Å². The summed E-state index contributed by atoms with van der Waals surface area (Å²) in [6.07, 6.45) is 3.12. The minimum Gasteiger partial charge on any atom is -0.340 e. The molecule has 1 aromatic carbocycles. The first-order valence-corrected chi connectivity index (χ1v) is 8.61. The van der Waals surface area contributed by atoms with Crippen LogP contribution in [-0.2, 0) is 17.6 Å². The average molecular weight is 299 g/mol. The van der Waals surface area contributed by atoms with Crippen LogP contribution in [0, 0.1) is 5.92 Å². The first-order valence-electron chi connectivity index (χ1n) is 8.61. The van der Waals surface area contributed by atoms with Crippen LogP contribution in [0.15, 0.2) is 24.3 Å². The molecule has 1 N–H and O–H groups in total. The number of hydrogen-bond donors (Lipinski definition) is 1. The fourth-order valence-corrected chi connectivity index (χ4v) is 4.25. The zero-order valence-electron chi connectivity index (χ0n) is 13.1. The molecule has 118 valence electrons. The lowest BCUT2D eigenvalue weighted by Crippen LogP contribution is -2.53. The van der Waals surface area contributed by atoms with Gasteiger partial charge in [0.25, 0.3) is 0 Å². The summed E-state index contributed by atoms with van der Waals surface area (Å²) in [5, 5.41) is 3.44. The van der Waals surface area contributed by atoms with Crippen LogP contribution < -0.4 is 5.32 Å². The molecule has 1 aromatic rings. The highest BCUT2D eigenvalue weighted by Gasteiger charge is 2.33. The van der Waals surface area contributed by atoms with Crippen LogP contribution in [0.2, 0.25) is 0 Å². The van der Waals surface area contributed by atoms with Crippen molar-refractivity contribution in [2.75, 3.05) is 39.3 Å². The number of benzene rings is 1. The molecule has 4 nitrogen and oxygen atoms in total. The first kappa shape index (κ1) is 14.2. The number of hydrogen-bond acceptors (Lipinski definition) is 3. The van der Waals surface area contributed by atoms with Gasteiger partial charge in [0, 0.05) is 44.7 Å². The fraction of sp³-hybridized carbons (Fsp3) is 0.611. The van der Waals surface area contributed by atoms with Crippen LogP contribution in [0.1, 0.15) is 17.5 Å². The van der Waals surface area contributed by atoms with E-state index in [0.29, 0.717) is 11.9 Å². The van der Waals surface area contributed by atoms with E-state index in [4.69, 9.17) is 0 Å². The van der Waals surface area contributed by atoms with Gasteiger partial charge in [0.1, 0.15) is 0 Å². The Labute approximate surface area is 132 Å². The summed E-state index contributed by atoms with van der Waals surface area (Å²) in [5.74, 6) is 0.553. The number of nitrogens with zero attached hydrogens (tertiary/aromatic N) is 2. The lowest BCUT2D eigenvalue weighted by Gasteiger charge is -2.38. The van der Waals surface area contributed by atoms with Gasteiger partial charge in [-0.25, -0.2) is 0 Å². The molecule has 0 radical (unpaired) electrons. The monoisotopic (exact) mass is 299 g/mol. The van der Waals surface area contributed by atoms with E-state index in [-0.39, 0.29) is 5.92 Å². The Hall–Kier alpha value is -1.39. The van der Waals surface area contributed by atoms with E-state index in [9.17, 15) is 4.79 Å². The minimum absolute atomic E-state index is 0.178. The van der Waals surface area contributed by atoms with Gasteiger partial charge in [-0.15, -0.1) is 0 Å². The van der Waals surface area contributed by atoms with Crippen molar-refractivity contribution in [2.45, 2.75) is 25.3 Å². The standard InChI is InChI=1S/C18H25N3O/c22-18(16-11-14-3-1-2-4-15(14)12-16)21-9-7-20(8-10-21)17-5-6-19-13-17/h1-4,16-17,19H,5-13H2. The Balaban J connectivity index is 1.33. The summed E-state index contributed by atoms with van der Waals surface area (Å²) in [6.45, 7) is 6.15. The maximum absolute atomic E-state index is 12.8. The minimum atomic E-state index is 0.178. The van der Waals surface area contributed by atoms with Crippen LogP contribution in [0.5, 0.6) is 0 Å². The van der Waals surface area contributed by atoms with Gasteiger partial charge in [0.2, 0.25) is 5.91 Å². The maximum Gasteiger partial charge on any atom is 0.226 e. The van der Waals surface area contributed by atoms with Crippen molar-refractivity contribution in [3.63, 3.8) is 0 Å². The van der Waals surface area contributed by atoms with E-state index in [1.807, 2.05) is 0 Å². The molecule has 22 heavy (non-hydrogen) atoms. The van der Waals surface area contributed by atoms with Crippen molar-refractivity contribution in [1.29, 1.82) is 0 Å². The number of piperazine rings is 1. The third kappa shape index (κ3) is 2.66. The second-order valence-electron chi connectivity index (χ2n) is 6.88. The Morgan fingerprint density at radius 1 is 1.05 bits per heavy atom.